The summed E-state index contributed by atoms with van der Waals surface area (Å²) in [7, 11) is 2.00. The molecule has 0 aliphatic heterocycles. The van der Waals surface area contributed by atoms with Crippen molar-refractivity contribution in [1.29, 1.82) is 0 Å². The van der Waals surface area contributed by atoms with Crippen LogP contribution in [0.15, 0.2) is 18.2 Å². The minimum atomic E-state index is -0.218. The molecule has 0 saturated heterocycles. The Balaban J connectivity index is 2.23. The first kappa shape index (κ1) is 10.3. The Morgan fingerprint density at radius 1 is 1.33 bits per heavy atom. The normalized spacial score (nSPS) is 16.9. The molecule has 0 aromatic heterocycles. The summed E-state index contributed by atoms with van der Waals surface area (Å²) in [6.45, 7) is 0. The summed E-state index contributed by atoms with van der Waals surface area (Å²) in [5.41, 5.74) is 7.33. The Morgan fingerprint density at radius 2 is 2.00 bits per heavy atom. The van der Waals surface area contributed by atoms with Crippen molar-refractivity contribution in [3.8, 4) is 0 Å². The second-order valence-electron chi connectivity index (χ2n) is 4.25. The molecule has 0 unspecified atom stereocenters. The first-order valence-corrected chi connectivity index (χ1v) is 5.46. The Kier molecular flexibility index (Phi) is 2.80. The van der Waals surface area contributed by atoms with Crippen molar-refractivity contribution < 1.29 is 4.39 Å². The van der Waals surface area contributed by atoms with Crippen molar-refractivity contribution in [2.24, 2.45) is 0 Å². The van der Waals surface area contributed by atoms with E-state index in [2.05, 4.69) is 4.90 Å². The summed E-state index contributed by atoms with van der Waals surface area (Å²) in [5.74, 6) is -0.218. The zero-order valence-electron chi connectivity index (χ0n) is 9.04. The minimum absolute atomic E-state index is 0.218. The Morgan fingerprint density at radius 3 is 2.67 bits per heavy atom. The molecule has 0 spiro atoms. The highest BCUT2D eigenvalue weighted by molar-refractivity contribution is 5.67. The largest absolute Gasteiger partial charge is 0.397 e. The van der Waals surface area contributed by atoms with Gasteiger partial charge in [-0.25, -0.2) is 4.39 Å². The summed E-state index contributed by atoms with van der Waals surface area (Å²) in [6, 6.07) is 5.08. The number of hydrogen-bond donors (Lipinski definition) is 1. The maximum absolute atomic E-state index is 13.1. The van der Waals surface area contributed by atoms with E-state index in [1.165, 1.54) is 37.8 Å². The van der Waals surface area contributed by atoms with Crippen molar-refractivity contribution in [2.45, 2.75) is 31.7 Å². The van der Waals surface area contributed by atoms with Crippen molar-refractivity contribution in [1.82, 2.24) is 0 Å². The van der Waals surface area contributed by atoms with Gasteiger partial charge in [0, 0.05) is 13.1 Å². The maximum atomic E-state index is 13.1. The van der Waals surface area contributed by atoms with Crippen LogP contribution in [0.3, 0.4) is 0 Å². The van der Waals surface area contributed by atoms with Crippen LogP contribution in [0.2, 0.25) is 0 Å². The average molecular weight is 208 g/mol. The number of anilines is 2. The third-order valence-electron chi connectivity index (χ3n) is 3.24. The molecule has 0 atom stereocenters. The lowest BCUT2D eigenvalue weighted by Gasteiger charge is -2.27. The topological polar surface area (TPSA) is 29.3 Å². The number of hydrogen-bond acceptors (Lipinski definition) is 2. The number of nitrogens with two attached hydrogens (primary N) is 1. The first-order chi connectivity index (χ1) is 7.18. The molecule has 1 aliphatic rings. The predicted molar refractivity (Wildman–Crippen MR) is 61.5 cm³/mol. The monoisotopic (exact) mass is 208 g/mol. The Bertz CT molecular complexity index is 345. The van der Waals surface area contributed by atoms with E-state index >= 15 is 0 Å². The standard InChI is InChI=1S/C12H17FN2/c1-15(10-4-2-3-5-10)12-8-9(13)6-7-11(12)14/h6-8,10H,2-5,14H2,1H3. The Hall–Kier alpha value is -1.25. The SMILES string of the molecule is CN(c1cc(F)ccc1N)C1CCCC1. The van der Waals surface area contributed by atoms with Crippen LogP contribution in [0.4, 0.5) is 15.8 Å². The molecule has 2 nitrogen and oxygen atoms in total. The fourth-order valence-electron chi connectivity index (χ4n) is 2.31. The highest BCUT2D eigenvalue weighted by Crippen LogP contribution is 2.30. The molecule has 82 valence electrons. The number of halogens is 1. The zero-order valence-corrected chi connectivity index (χ0v) is 9.04. The van der Waals surface area contributed by atoms with Crippen LogP contribution in [-0.4, -0.2) is 13.1 Å². The van der Waals surface area contributed by atoms with E-state index in [1.807, 2.05) is 7.05 Å². The molecule has 1 aliphatic carbocycles. The lowest BCUT2D eigenvalue weighted by molar-refractivity contribution is 0.620. The maximum Gasteiger partial charge on any atom is 0.125 e. The molecule has 1 aromatic carbocycles. The van der Waals surface area contributed by atoms with E-state index in [0.717, 1.165) is 5.69 Å². The number of nitrogen functional groups attached to an aromatic ring is 1. The van der Waals surface area contributed by atoms with E-state index < -0.39 is 0 Å². The first-order valence-electron chi connectivity index (χ1n) is 5.46. The van der Waals surface area contributed by atoms with Gasteiger partial charge in [-0.2, -0.15) is 0 Å². The lowest BCUT2D eigenvalue weighted by atomic mass is 10.1. The summed E-state index contributed by atoms with van der Waals surface area (Å²) < 4.78 is 13.1. The third-order valence-corrected chi connectivity index (χ3v) is 3.24. The summed E-state index contributed by atoms with van der Waals surface area (Å²) in [6.07, 6.45) is 4.91. The van der Waals surface area contributed by atoms with Crippen molar-refractivity contribution in [3.63, 3.8) is 0 Å². The molecule has 1 fully saturated rings. The van der Waals surface area contributed by atoms with Gasteiger partial charge in [0.2, 0.25) is 0 Å². The predicted octanol–water partition coefficient (Wildman–Crippen LogP) is 2.79. The van der Waals surface area contributed by atoms with Crippen molar-refractivity contribution in [3.05, 3.63) is 24.0 Å². The molecule has 2 N–H and O–H groups in total. The average Bonchev–Trinajstić information content (AvgIpc) is 2.74. The Labute approximate surface area is 89.9 Å². The second-order valence-corrected chi connectivity index (χ2v) is 4.25. The highest BCUT2D eigenvalue weighted by Gasteiger charge is 2.21. The van der Waals surface area contributed by atoms with Gasteiger partial charge in [0.1, 0.15) is 5.82 Å². The van der Waals surface area contributed by atoms with E-state index in [1.54, 1.807) is 6.07 Å². The molecule has 0 heterocycles. The van der Waals surface area contributed by atoms with Crippen LogP contribution in [0.25, 0.3) is 0 Å². The van der Waals surface area contributed by atoms with Gasteiger partial charge in [0.15, 0.2) is 0 Å². The molecule has 0 radical (unpaired) electrons. The molecule has 1 saturated carbocycles. The van der Waals surface area contributed by atoms with Crippen LogP contribution >= 0.6 is 0 Å². The summed E-state index contributed by atoms with van der Waals surface area (Å²) >= 11 is 0. The van der Waals surface area contributed by atoms with Gasteiger partial charge in [0.25, 0.3) is 0 Å². The van der Waals surface area contributed by atoms with Gasteiger partial charge in [0.05, 0.1) is 11.4 Å². The lowest BCUT2D eigenvalue weighted by Crippen LogP contribution is -2.29. The fourth-order valence-corrected chi connectivity index (χ4v) is 2.31. The molecule has 1 aromatic rings. The zero-order chi connectivity index (χ0) is 10.8. The molecule has 0 bridgehead atoms. The third kappa shape index (κ3) is 2.06. The van der Waals surface area contributed by atoms with Crippen LogP contribution in [0.5, 0.6) is 0 Å². The van der Waals surface area contributed by atoms with Crippen LogP contribution < -0.4 is 10.6 Å². The van der Waals surface area contributed by atoms with Crippen LogP contribution in [0.1, 0.15) is 25.7 Å². The van der Waals surface area contributed by atoms with E-state index in [9.17, 15) is 4.39 Å². The smallest absolute Gasteiger partial charge is 0.125 e. The fraction of sp³-hybridized carbons (Fsp3) is 0.500. The van der Waals surface area contributed by atoms with Gasteiger partial charge in [-0.1, -0.05) is 12.8 Å². The van der Waals surface area contributed by atoms with Gasteiger partial charge < -0.3 is 10.6 Å². The highest BCUT2D eigenvalue weighted by atomic mass is 19.1. The van der Waals surface area contributed by atoms with Crippen molar-refractivity contribution >= 4 is 11.4 Å². The van der Waals surface area contributed by atoms with Gasteiger partial charge in [-0.05, 0) is 31.0 Å². The molecule has 2 rings (SSSR count). The van der Waals surface area contributed by atoms with E-state index in [0.29, 0.717) is 11.7 Å². The van der Waals surface area contributed by atoms with Crippen LogP contribution in [-0.2, 0) is 0 Å². The van der Waals surface area contributed by atoms with E-state index in [-0.39, 0.29) is 5.82 Å². The van der Waals surface area contributed by atoms with E-state index in [4.69, 9.17) is 5.73 Å². The van der Waals surface area contributed by atoms with Crippen molar-refractivity contribution in [2.75, 3.05) is 17.7 Å². The van der Waals surface area contributed by atoms with Gasteiger partial charge >= 0.3 is 0 Å². The molecular formula is C12H17FN2. The summed E-state index contributed by atoms with van der Waals surface area (Å²) in [4.78, 5) is 2.12. The van der Waals surface area contributed by atoms with Gasteiger partial charge in [-0.15, -0.1) is 0 Å². The quantitative estimate of drug-likeness (QED) is 0.757. The molecule has 0 amide bonds. The van der Waals surface area contributed by atoms with Gasteiger partial charge in [-0.3, -0.25) is 0 Å². The number of benzene rings is 1. The molecule has 15 heavy (non-hydrogen) atoms. The molecule has 3 heteroatoms. The number of nitrogens with zero attached hydrogens (tertiary/aromatic N) is 1. The number of rotatable bonds is 2. The summed E-state index contributed by atoms with van der Waals surface area (Å²) in [5, 5.41) is 0. The second kappa shape index (κ2) is 4.09. The minimum Gasteiger partial charge on any atom is -0.397 e. The molecular weight excluding hydrogens is 191 g/mol. The van der Waals surface area contributed by atoms with Crippen LogP contribution in [0, 0.1) is 5.82 Å².